The van der Waals surface area contributed by atoms with Crippen molar-refractivity contribution < 1.29 is 14.3 Å². The van der Waals surface area contributed by atoms with Gasteiger partial charge in [-0.15, -0.1) is 0 Å². The number of hydrogen-bond acceptors (Lipinski definition) is 4. The van der Waals surface area contributed by atoms with Crippen molar-refractivity contribution in [2.45, 2.75) is 6.10 Å². The molecular formula is C11H14ClNO3S. The zero-order valence-electron chi connectivity index (χ0n) is 9.57. The minimum Gasteiger partial charge on any atom is -0.485 e. The van der Waals surface area contributed by atoms with Crippen LogP contribution in [0.1, 0.15) is 0 Å². The highest BCUT2D eigenvalue weighted by Crippen LogP contribution is 2.33. The SMILES string of the molecule is CNC(=O)C1COc2ccc(Cl)cc2O1.CS. The van der Waals surface area contributed by atoms with E-state index in [2.05, 4.69) is 17.9 Å². The highest BCUT2D eigenvalue weighted by molar-refractivity contribution is 7.79. The van der Waals surface area contributed by atoms with Gasteiger partial charge in [0.25, 0.3) is 5.91 Å². The number of amides is 1. The highest BCUT2D eigenvalue weighted by Gasteiger charge is 2.26. The van der Waals surface area contributed by atoms with Crippen molar-refractivity contribution >= 4 is 30.1 Å². The van der Waals surface area contributed by atoms with E-state index in [1.54, 1.807) is 31.5 Å². The Kier molecular flexibility index (Phi) is 5.44. The van der Waals surface area contributed by atoms with Crippen molar-refractivity contribution in [2.75, 3.05) is 19.9 Å². The van der Waals surface area contributed by atoms with E-state index < -0.39 is 6.10 Å². The van der Waals surface area contributed by atoms with Crippen LogP contribution in [0, 0.1) is 0 Å². The average Bonchev–Trinajstić information content (AvgIpc) is 2.39. The van der Waals surface area contributed by atoms with E-state index in [0.717, 1.165) is 0 Å². The number of thiol groups is 1. The maximum Gasteiger partial charge on any atom is 0.264 e. The minimum atomic E-state index is -0.610. The molecule has 0 fully saturated rings. The zero-order valence-corrected chi connectivity index (χ0v) is 11.2. The highest BCUT2D eigenvalue weighted by atomic mass is 35.5. The van der Waals surface area contributed by atoms with Gasteiger partial charge in [-0.3, -0.25) is 4.79 Å². The largest absolute Gasteiger partial charge is 0.485 e. The summed E-state index contributed by atoms with van der Waals surface area (Å²) in [6.45, 7) is 0.217. The maximum atomic E-state index is 11.3. The quantitative estimate of drug-likeness (QED) is 0.768. The van der Waals surface area contributed by atoms with Gasteiger partial charge in [-0.2, -0.15) is 12.6 Å². The molecule has 0 aromatic heterocycles. The van der Waals surface area contributed by atoms with Crippen LogP contribution in [0.15, 0.2) is 18.2 Å². The first kappa shape index (κ1) is 14.0. The monoisotopic (exact) mass is 275 g/mol. The second kappa shape index (κ2) is 6.61. The number of nitrogens with one attached hydrogen (secondary N) is 1. The molecule has 1 unspecified atom stereocenters. The summed E-state index contributed by atoms with van der Waals surface area (Å²) in [5, 5.41) is 3.05. The van der Waals surface area contributed by atoms with Crippen molar-refractivity contribution in [1.82, 2.24) is 5.32 Å². The molecule has 0 radical (unpaired) electrons. The van der Waals surface area contributed by atoms with Crippen LogP contribution in [0.25, 0.3) is 0 Å². The van der Waals surface area contributed by atoms with Crippen LogP contribution < -0.4 is 14.8 Å². The molecule has 1 aliphatic heterocycles. The Labute approximate surface area is 111 Å². The number of likely N-dealkylation sites (N-methyl/N-ethyl adjacent to an activating group) is 1. The lowest BCUT2D eigenvalue weighted by atomic mass is 10.2. The first-order valence-electron chi connectivity index (χ1n) is 4.96. The predicted octanol–water partition coefficient (Wildman–Crippen LogP) is 1.77. The molecule has 0 bridgehead atoms. The summed E-state index contributed by atoms with van der Waals surface area (Å²) >= 11 is 9.33. The van der Waals surface area contributed by atoms with E-state index in [1.807, 2.05) is 0 Å². The first-order valence-corrected chi connectivity index (χ1v) is 6.23. The molecule has 17 heavy (non-hydrogen) atoms. The van der Waals surface area contributed by atoms with Crippen LogP contribution in [-0.2, 0) is 4.79 Å². The second-order valence-electron chi connectivity index (χ2n) is 3.12. The molecule has 2 rings (SSSR count). The molecule has 1 aromatic carbocycles. The van der Waals surface area contributed by atoms with E-state index in [1.165, 1.54) is 0 Å². The van der Waals surface area contributed by atoms with Gasteiger partial charge >= 0.3 is 0 Å². The standard InChI is InChI=1S/C10H10ClNO3.CH4S/c1-12-10(13)9-5-14-7-3-2-6(11)4-8(7)15-9;1-2/h2-4,9H,5H2,1H3,(H,12,13);2H,1H3. The maximum absolute atomic E-state index is 11.3. The number of rotatable bonds is 1. The number of fused-ring (bicyclic) bond motifs is 1. The molecule has 0 aliphatic carbocycles. The van der Waals surface area contributed by atoms with Crippen LogP contribution in [0.3, 0.4) is 0 Å². The molecule has 4 nitrogen and oxygen atoms in total. The summed E-state index contributed by atoms with van der Waals surface area (Å²) in [4.78, 5) is 11.3. The fraction of sp³-hybridized carbons (Fsp3) is 0.364. The smallest absolute Gasteiger partial charge is 0.264 e. The van der Waals surface area contributed by atoms with Crippen LogP contribution in [-0.4, -0.2) is 31.9 Å². The van der Waals surface area contributed by atoms with E-state index in [-0.39, 0.29) is 12.5 Å². The third kappa shape index (κ3) is 3.44. The molecule has 94 valence electrons. The van der Waals surface area contributed by atoms with Crippen molar-refractivity contribution in [3.05, 3.63) is 23.2 Å². The van der Waals surface area contributed by atoms with Crippen molar-refractivity contribution in [1.29, 1.82) is 0 Å². The number of ether oxygens (including phenoxy) is 2. The second-order valence-corrected chi connectivity index (χ2v) is 3.56. The van der Waals surface area contributed by atoms with Gasteiger partial charge in [0.05, 0.1) is 0 Å². The molecule has 1 N–H and O–H groups in total. The Hall–Kier alpha value is -1.07. The number of halogens is 1. The van der Waals surface area contributed by atoms with Gasteiger partial charge in [0, 0.05) is 18.1 Å². The molecule has 0 saturated carbocycles. The summed E-state index contributed by atoms with van der Waals surface area (Å²) in [6.07, 6.45) is 1.08. The molecular weight excluding hydrogens is 262 g/mol. The van der Waals surface area contributed by atoms with Gasteiger partial charge in [-0.25, -0.2) is 0 Å². The first-order chi connectivity index (χ1) is 8.20. The van der Waals surface area contributed by atoms with E-state index >= 15 is 0 Å². The fourth-order valence-corrected chi connectivity index (χ4v) is 1.50. The van der Waals surface area contributed by atoms with Crippen molar-refractivity contribution in [3.63, 3.8) is 0 Å². The third-order valence-electron chi connectivity index (χ3n) is 2.10. The van der Waals surface area contributed by atoms with E-state index in [4.69, 9.17) is 21.1 Å². The zero-order chi connectivity index (χ0) is 12.8. The summed E-state index contributed by atoms with van der Waals surface area (Å²) in [5.41, 5.74) is 0. The topological polar surface area (TPSA) is 47.6 Å². The molecule has 0 saturated heterocycles. The average molecular weight is 276 g/mol. The van der Waals surface area contributed by atoms with Gasteiger partial charge in [0.15, 0.2) is 11.5 Å². The minimum absolute atomic E-state index is 0.208. The number of carbonyl (C=O) groups excluding carboxylic acids is 1. The predicted molar refractivity (Wildman–Crippen MR) is 70.3 cm³/mol. The molecule has 1 aromatic rings. The van der Waals surface area contributed by atoms with Crippen molar-refractivity contribution in [3.8, 4) is 11.5 Å². The molecule has 1 atom stereocenters. The summed E-state index contributed by atoms with van der Waals surface area (Å²) in [6, 6.07) is 5.06. The van der Waals surface area contributed by atoms with Gasteiger partial charge in [0.1, 0.15) is 6.61 Å². The molecule has 1 heterocycles. The summed E-state index contributed by atoms with van der Waals surface area (Å²) < 4.78 is 10.8. The molecule has 0 spiro atoms. The van der Waals surface area contributed by atoms with Gasteiger partial charge in [-0.05, 0) is 18.4 Å². The Morgan fingerprint density at radius 1 is 1.47 bits per heavy atom. The fourth-order valence-electron chi connectivity index (χ4n) is 1.34. The Morgan fingerprint density at radius 3 is 2.82 bits per heavy atom. The van der Waals surface area contributed by atoms with Crippen LogP contribution in [0.4, 0.5) is 0 Å². The lowest BCUT2D eigenvalue weighted by Gasteiger charge is -2.25. The van der Waals surface area contributed by atoms with Crippen LogP contribution in [0.5, 0.6) is 11.5 Å². The van der Waals surface area contributed by atoms with E-state index in [9.17, 15) is 4.79 Å². The normalized spacial score (nSPS) is 16.6. The molecule has 6 heteroatoms. The number of hydrogen-bond donors (Lipinski definition) is 2. The van der Waals surface area contributed by atoms with Gasteiger partial charge < -0.3 is 14.8 Å². The van der Waals surface area contributed by atoms with Crippen LogP contribution in [0.2, 0.25) is 5.02 Å². The van der Waals surface area contributed by atoms with E-state index in [0.29, 0.717) is 16.5 Å². The lowest BCUT2D eigenvalue weighted by Crippen LogP contribution is -2.42. The summed E-state index contributed by atoms with van der Waals surface area (Å²) in [7, 11) is 1.55. The van der Waals surface area contributed by atoms with Crippen molar-refractivity contribution in [2.24, 2.45) is 0 Å². The van der Waals surface area contributed by atoms with Gasteiger partial charge in [0.2, 0.25) is 6.10 Å². The Balaban J connectivity index is 0.000000686. The number of carbonyl (C=O) groups is 1. The molecule has 1 aliphatic rings. The molecule has 1 amide bonds. The lowest BCUT2D eigenvalue weighted by molar-refractivity contribution is -0.129. The van der Waals surface area contributed by atoms with Gasteiger partial charge in [-0.1, -0.05) is 11.6 Å². The third-order valence-corrected chi connectivity index (χ3v) is 2.34. The Morgan fingerprint density at radius 2 is 2.18 bits per heavy atom. The summed E-state index contributed by atoms with van der Waals surface area (Å²) in [5.74, 6) is 0.905. The Bertz CT molecular complexity index is 400. The van der Waals surface area contributed by atoms with Crippen LogP contribution >= 0.6 is 24.2 Å². The number of benzene rings is 1.